The van der Waals surface area contributed by atoms with Crippen molar-refractivity contribution >= 4 is 109 Å². The molecule has 6 heterocycles. The Morgan fingerprint density at radius 1 is 0.265 bits per heavy atom. The summed E-state index contributed by atoms with van der Waals surface area (Å²) in [5.41, 5.74) is 29.5. The Hall–Kier alpha value is -13.0. The van der Waals surface area contributed by atoms with Gasteiger partial charge in [-0.15, -0.1) is 0 Å². The van der Waals surface area contributed by atoms with E-state index < -0.39 is 0 Å². The van der Waals surface area contributed by atoms with E-state index in [1.807, 2.05) is 18.2 Å². The van der Waals surface area contributed by atoms with Crippen molar-refractivity contribution in [3.05, 3.63) is 313 Å². The minimum absolute atomic E-state index is 0.152. The van der Waals surface area contributed by atoms with Gasteiger partial charge in [0, 0.05) is 98.3 Å². The molecule has 102 heavy (non-hydrogen) atoms. The first-order valence-corrected chi connectivity index (χ1v) is 35.1. The summed E-state index contributed by atoms with van der Waals surface area (Å²) in [4.78, 5) is 21.7. The lowest BCUT2D eigenvalue weighted by Crippen LogP contribution is -2.15. The number of hydrogen-bond acceptors (Lipinski definition) is 6. The highest BCUT2D eigenvalue weighted by molar-refractivity contribution is 6.18. The summed E-state index contributed by atoms with van der Waals surface area (Å²) in [5, 5.41) is 10.9. The summed E-state index contributed by atoms with van der Waals surface area (Å²) in [5.74, 6) is 1.29. The van der Waals surface area contributed by atoms with Gasteiger partial charge in [-0.25, -0.2) is 19.9 Å². The normalized spacial score (nSPS) is 13.6. The third kappa shape index (κ3) is 7.97. The molecule has 478 valence electrons. The van der Waals surface area contributed by atoms with Crippen LogP contribution in [0.5, 0.6) is 0 Å². The average Bonchev–Trinajstić information content (AvgIpc) is 1.53. The van der Waals surface area contributed by atoms with Crippen LogP contribution in [0.1, 0.15) is 49.9 Å². The molecule has 6 aromatic heterocycles. The van der Waals surface area contributed by atoms with Gasteiger partial charge in [-0.2, -0.15) is 0 Å². The number of para-hydroxylation sites is 3. The first-order valence-electron chi connectivity index (χ1n) is 35.1. The Labute approximate surface area is 585 Å². The largest absolute Gasteiger partial charge is 0.456 e. The summed E-state index contributed by atoms with van der Waals surface area (Å²) in [6, 6.07) is 105. The summed E-state index contributed by atoms with van der Waals surface area (Å²) in [7, 11) is 0. The number of hydrogen-bond donors (Lipinski definition) is 0. The molecule has 22 rings (SSSR count). The topological polar surface area (TPSA) is 87.7 Å². The van der Waals surface area contributed by atoms with Gasteiger partial charge in [0.25, 0.3) is 0 Å². The van der Waals surface area contributed by atoms with Crippen molar-refractivity contribution in [2.75, 3.05) is 0 Å². The predicted molar refractivity (Wildman–Crippen MR) is 418 cm³/mol. The van der Waals surface area contributed by atoms with Crippen molar-refractivity contribution in [1.82, 2.24) is 29.1 Å². The summed E-state index contributed by atoms with van der Waals surface area (Å²) < 4.78 is 18.4. The van der Waals surface area contributed by atoms with Crippen molar-refractivity contribution in [3.8, 4) is 90.0 Å². The predicted octanol–water partition coefficient (Wildman–Crippen LogP) is 24.5. The van der Waals surface area contributed by atoms with Gasteiger partial charge in [-0.3, -0.25) is 0 Å². The monoisotopic (exact) mass is 1300 g/mol. The van der Waals surface area contributed by atoms with E-state index in [1.54, 1.807) is 0 Å². The van der Waals surface area contributed by atoms with E-state index in [1.165, 1.54) is 71.6 Å². The van der Waals surface area contributed by atoms with Gasteiger partial charge < -0.3 is 18.0 Å². The highest BCUT2D eigenvalue weighted by Crippen LogP contribution is 2.56. The zero-order chi connectivity index (χ0) is 67.4. The van der Waals surface area contributed by atoms with Crippen molar-refractivity contribution in [3.63, 3.8) is 0 Å². The Morgan fingerprint density at radius 2 is 0.784 bits per heavy atom. The third-order valence-electron chi connectivity index (χ3n) is 22.5. The molecule has 0 spiro atoms. The molecule has 0 fully saturated rings. The zero-order valence-corrected chi connectivity index (χ0v) is 56.2. The van der Waals surface area contributed by atoms with Crippen LogP contribution in [0.4, 0.5) is 0 Å². The molecule has 8 nitrogen and oxygen atoms in total. The SMILES string of the molecule is CC1(C)c2ccccc2-c2cc3c4ccccc4n(-c4ccc5oc6cccc(-c7nc(-c8ccccc8)c8ccc(-c9ccc%10c(c9)C(C)(C)c9c-%10ccc%10c9c9ccccc9n%10-c9ccc%10oc%11cccc(-c%12nc(-c%13ccccc%13)c%13ccccc%13n%12)c%11c%10c9)cc8n7)c6c5c4)c3cc21. The minimum atomic E-state index is -0.378. The highest BCUT2D eigenvalue weighted by Gasteiger charge is 2.40. The minimum Gasteiger partial charge on any atom is -0.456 e. The molecule has 8 heteroatoms. The van der Waals surface area contributed by atoms with Crippen molar-refractivity contribution < 1.29 is 8.83 Å². The van der Waals surface area contributed by atoms with Crippen LogP contribution < -0.4 is 0 Å². The Balaban J connectivity index is 0.659. The Kier molecular flexibility index (Phi) is 11.6. The second-order valence-corrected chi connectivity index (χ2v) is 28.8. The lowest BCUT2D eigenvalue weighted by Gasteiger charge is -2.23. The molecule has 0 saturated carbocycles. The number of furan rings is 2. The van der Waals surface area contributed by atoms with E-state index in [2.05, 4.69) is 310 Å². The van der Waals surface area contributed by atoms with Crippen LogP contribution in [-0.2, 0) is 10.8 Å². The van der Waals surface area contributed by atoms with E-state index in [0.29, 0.717) is 11.6 Å². The van der Waals surface area contributed by atoms with E-state index in [9.17, 15) is 0 Å². The molecule has 2 aliphatic carbocycles. The molecule has 14 aromatic carbocycles. The molecule has 0 atom stereocenters. The quantitative estimate of drug-likeness (QED) is 0.158. The Bertz CT molecular complexity index is 7070. The molecule has 0 N–H and O–H groups in total. The fourth-order valence-electron chi connectivity index (χ4n) is 17.8. The fraction of sp³-hybridized carbons (Fsp3) is 0.0638. The first-order chi connectivity index (χ1) is 50.1. The standard InChI is InChI=1S/C94H60N6O2/c1-93(2)72-31-15-11-25-59(72)68-51-69-61-26-13-17-33-77(61)100(80(69)52-74(68)93)58-40-46-82-71(50-58)86-67(30-20-36-84(86)102-82)92-96-76-48-56(38-42-64(76)90(98-92)54-23-9-6-10-24-54)55-37-41-60-62-43-44-79-87(88(62)94(3,4)73(60)47-55)65-28-14-18-34-78(65)99(79)57-39-45-81-70(49-57)85-66(29-19-35-83(85)101-81)91-95-75-32-16-12-27-63(75)89(97-91)53-21-7-5-8-22-53/h5-52H,1-4H3. The van der Waals surface area contributed by atoms with E-state index in [-0.39, 0.29) is 10.8 Å². The summed E-state index contributed by atoms with van der Waals surface area (Å²) in [6.45, 7) is 9.52. The van der Waals surface area contributed by atoms with Crippen molar-refractivity contribution in [2.24, 2.45) is 0 Å². The lowest BCUT2D eigenvalue weighted by molar-refractivity contribution is 0.661. The number of benzene rings is 14. The van der Waals surface area contributed by atoms with Crippen LogP contribution >= 0.6 is 0 Å². The molecule has 0 aliphatic heterocycles. The molecule has 0 radical (unpaired) electrons. The van der Waals surface area contributed by atoms with Gasteiger partial charge in [0.1, 0.15) is 22.3 Å². The number of fused-ring (bicyclic) bond motifs is 21. The molecular formula is C94H60N6O2. The van der Waals surface area contributed by atoms with Crippen LogP contribution in [0, 0.1) is 0 Å². The summed E-state index contributed by atoms with van der Waals surface area (Å²) in [6.07, 6.45) is 0. The smallest absolute Gasteiger partial charge is 0.161 e. The highest BCUT2D eigenvalue weighted by atomic mass is 16.3. The van der Waals surface area contributed by atoms with Crippen molar-refractivity contribution in [1.29, 1.82) is 0 Å². The molecule has 2 aliphatic rings. The van der Waals surface area contributed by atoms with Crippen molar-refractivity contribution in [2.45, 2.75) is 38.5 Å². The van der Waals surface area contributed by atoms with E-state index in [4.69, 9.17) is 28.8 Å². The van der Waals surface area contributed by atoms with Gasteiger partial charge >= 0.3 is 0 Å². The first kappa shape index (κ1) is 56.9. The van der Waals surface area contributed by atoms with Gasteiger partial charge in [0.2, 0.25) is 0 Å². The second-order valence-electron chi connectivity index (χ2n) is 28.8. The van der Waals surface area contributed by atoms with Gasteiger partial charge in [0.05, 0.1) is 44.5 Å². The van der Waals surface area contributed by atoms with Crippen LogP contribution in [0.25, 0.3) is 199 Å². The number of aromatic nitrogens is 6. The second kappa shape index (κ2) is 20.8. The van der Waals surface area contributed by atoms with Crippen LogP contribution in [0.15, 0.2) is 300 Å². The lowest BCUT2D eigenvalue weighted by atomic mass is 9.79. The maximum absolute atomic E-state index is 6.80. The van der Waals surface area contributed by atoms with Gasteiger partial charge in [-0.1, -0.05) is 216 Å². The molecule has 0 saturated heterocycles. The molecule has 0 unspecified atom stereocenters. The molecule has 20 aromatic rings. The fourth-order valence-corrected chi connectivity index (χ4v) is 17.8. The van der Waals surface area contributed by atoms with Crippen LogP contribution in [0.3, 0.4) is 0 Å². The summed E-state index contributed by atoms with van der Waals surface area (Å²) >= 11 is 0. The number of rotatable bonds is 7. The van der Waals surface area contributed by atoms with Gasteiger partial charge in [-0.05, 0) is 159 Å². The molecule has 0 amide bonds. The van der Waals surface area contributed by atoms with Crippen LogP contribution in [0.2, 0.25) is 0 Å². The van der Waals surface area contributed by atoms with Gasteiger partial charge in [0.15, 0.2) is 11.6 Å². The molecular weight excluding hydrogens is 1250 g/mol. The third-order valence-corrected chi connectivity index (χ3v) is 22.5. The maximum atomic E-state index is 6.80. The zero-order valence-electron chi connectivity index (χ0n) is 56.2. The molecule has 0 bridgehead atoms. The average molecular weight is 1310 g/mol. The number of nitrogens with zero attached hydrogens (tertiary/aromatic N) is 6. The van der Waals surface area contributed by atoms with E-state index >= 15 is 0 Å². The Morgan fingerprint density at radius 3 is 1.47 bits per heavy atom. The van der Waals surface area contributed by atoms with Crippen LogP contribution in [-0.4, -0.2) is 29.1 Å². The maximum Gasteiger partial charge on any atom is 0.161 e. The van der Waals surface area contributed by atoms with E-state index in [0.717, 1.165) is 138 Å².